The maximum atomic E-state index is 12.7. The first-order valence-electron chi connectivity index (χ1n) is 17.6. The van der Waals surface area contributed by atoms with E-state index < -0.39 is 37.9 Å². The number of alkyl carbamates (subject to hydrolysis) is 1. The van der Waals surface area contributed by atoms with Crippen molar-refractivity contribution in [2.75, 3.05) is 26.2 Å². The second kappa shape index (κ2) is 14.7. The summed E-state index contributed by atoms with van der Waals surface area (Å²) in [6.45, 7) is 21.6. The third kappa shape index (κ3) is 8.91. The van der Waals surface area contributed by atoms with Crippen LogP contribution in [0.3, 0.4) is 0 Å². The summed E-state index contributed by atoms with van der Waals surface area (Å²) in [5.74, 6) is 7.35. The van der Waals surface area contributed by atoms with E-state index >= 15 is 0 Å². The molecule has 3 heterocycles. The minimum atomic E-state index is -2.11. The molecule has 1 N–H and O–H groups in total. The largest absolute Gasteiger partial charge is 0.459 e. The van der Waals surface area contributed by atoms with Crippen LogP contribution in [0.2, 0.25) is 18.1 Å². The van der Waals surface area contributed by atoms with Crippen LogP contribution in [0, 0.1) is 29.6 Å². The number of ether oxygens (including phenoxy) is 2. The van der Waals surface area contributed by atoms with Crippen LogP contribution in [0.4, 0.5) is 4.79 Å². The number of imidazole rings is 1. The highest BCUT2D eigenvalue weighted by atomic mass is 28.4. The third-order valence-corrected chi connectivity index (χ3v) is 14.4. The Morgan fingerprint density at radius 2 is 1.75 bits per heavy atom. The zero-order valence-corrected chi connectivity index (χ0v) is 32.4. The van der Waals surface area contributed by atoms with E-state index in [9.17, 15) is 14.4 Å². The highest BCUT2D eigenvalue weighted by molar-refractivity contribution is 6.74. The predicted octanol–water partition coefficient (Wildman–Crippen LogP) is 6.35. The Bertz CT molecular complexity index is 1780. The first kappa shape index (κ1) is 37.8. The Labute approximate surface area is 301 Å². The average molecular weight is 718 g/mol. The monoisotopic (exact) mass is 717 g/mol. The first-order chi connectivity index (χ1) is 23.9. The van der Waals surface area contributed by atoms with Crippen molar-refractivity contribution in [1.82, 2.24) is 24.9 Å². The number of hydrogen-bond acceptors (Lipinski definition) is 9. The van der Waals surface area contributed by atoms with Crippen LogP contribution in [0.1, 0.15) is 84.6 Å². The lowest BCUT2D eigenvalue weighted by Gasteiger charge is -2.38. The van der Waals surface area contributed by atoms with E-state index in [4.69, 9.17) is 18.4 Å². The van der Waals surface area contributed by atoms with Gasteiger partial charge < -0.3 is 33.2 Å². The zero-order chi connectivity index (χ0) is 37.3. The minimum Gasteiger partial charge on any atom is -0.459 e. The molecule has 3 aromatic rings. The summed E-state index contributed by atoms with van der Waals surface area (Å²) in [4.78, 5) is 43.0. The molecule has 274 valence electrons. The summed E-state index contributed by atoms with van der Waals surface area (Å²) in [6.07, 6.45) is 2.77. The van der Waals surface area contributed by atoms with Gasteiger partial charge in [-0.2, -0.15) is 0 Å². The van der Waals surface area contributed by atoms with E-state index in [0.717, 1.165) is 17.0 Å². The molecule has 1 saturated heterocycles. The standard InChI is InChI=1S/C38H51N5O7Si/c1-11-47-35(45)34(44)42-22-28-27(29(28)23-42)17-14-25-12-15-26(16-13-25)32-20-30(41-49-32)31(21-40-36(46)48-37(3,4)5)43-19-18-39-33(43)24(2)50-51(9,10)38(6,7)8/h12-13,15-16,18-20,24,27-29,31H,11,21-23H2,1-10H3,(H,40,46)/t24-,27?,28?,29?,31+/m0/s1. The van der Waals surface area contributed by atoms with Gasteiger partial charge in [0.25, 0.3) is 0 Å². The van der Waals surface area contributed by atoms with Gasteiger partial charge in [-0.1, -0.05) is 37.8 Å². The van der Waals surface area contributed by atoms with E-state index in [-0.39, 0.29) is 42.0 Å². The topological polar surface area (TPSA) is 138 Å². The number of nitrogens with zero attached hydrogens (tertiary/aromatic N) is 4. The zero-order valence-electron chi connectivity index (χ0n) is 31.4. The fraction of sp³-hybridized carbons (Fsp3) is 0.553. The first-order valence-corrected chi connectivity index (χ1v) is 20.5. The maximum absolute atomic E-state index is 12.7. The van der Waals surface area contributed by atoms with Crippen LogP contribution >= 0.6 is 0 Å². The molecule has 0 bridgehead atoms. The number of nitrogens with one attached hydrogen (secondary N) is 1. The molecule has 1 saturated carbocycles. The summed E-state index contributed by atoms with van der Waals surface area (Å²) in [5.41, 5.74) is 1.66. The lowest BCUT2D eigenvalue weighted by molar-refractivity contribution is -0.159. The van der Waals surface area contributed by atoms with Gasteiger partial charge in [-0.3, -0.25) is 4.79 Å². The van der Waals surface area contributed by atoms with Crippen LogP contribution in [-0.2, 0) is 23.5 Å². The minimum absolute atomic E-state index is 0.0193. The predicted molar refractivity (Wildman–Crippen MR) is 194 cm³/mol. The van der Waals surface area contributed by atoms with Gasteiger partial charge in [0.15, 0.2) is 14.1 Å². The molecule has 0 spiro atoms. The van der Waals surface area contributed by atoms with E-state index in [1.165, 1.54) is 0 Å². The van der Waals surface area contributed by atoms with Crippen molar-refractivity contribution < 1.29 is 32.8 Å². The van der Waals surface area contributed by atoms with Gasteiger partial charge in [0.1, 0.15) is 23.2 Å². The molecule has 2 unspecified atom stereocenters. The van der Waals surface area contributed by atoms with Crippen LogP contribution in [0.25, 0.3) is 11.3 Å². The normalized spacial score (nSPS) is 19.7. The number of rotatable bonds is 9. The highest BCUT2D eigenvalue weighted by Gasteiger charge is 2.56. The number of amides is 2. The molecule has 51 heavy (non-hydrogen) atoms. The van der Waals surface area contributed by atoms with Crippen molar-refractivity contribution in [3.63, 3.8) is 0 Å². The lowest BCUT2D eigenvalue weighted by Crippen LogP contribution is -2.42. The quantitative estimate of drug-likeness (QED) is 0.116. The van der Waals surface area contributed by atoms with Gasteiger partial charge in [0.05, 0.1) is 12.6 Å². The van der Waals surface area contributed by atoms with Gasteiger partial charge >= 0.3 is 18.0 Å². The fourth-order valence-electron chi connectivity index (χ4n) is 6.11. The van der Waals surface area contributed by atoms with Gasteiger partial charge in [-0.15, -0.1) is 0 Å². The van der Waals surface area contributed by atoms with Crippen molar-refractivity contribution in [3.8, 4) is 23.2 Å². The van der Waals surface area contributed by atoms with Crippen LogP contribution < -0.4 is 5.32 Å². The van der Waals surface area contributed by atoms with E-state index in [2.05, 4.69) is 61.2 Å². The second-order valence-corrected chi connectivity index (χ2v) is 20.6. The van der Waals surface area contributed by atoms with Gasteiger partial charge in [-0.25, -0.2) is 14.6 Å². The Balaban J connectivity index is 1.29. The molecule has 2 aliphatic rings. The van der Waals surface area contributed by atoms with Gasteiger partial charge in [0.2, 0.25) is 0 Å². The number of aromatic nitrogens is 3. The molecular weight excluding hydrogens is 667 g/mol. The smallest absolute Gasteiger partial charge is 0.407 e. The number of fused-ring (bicyclic) bond motifs is 1. The molecule has 5 rings (SSSR count). The highest BCUT2D eigenvalue weighted by Crippen LogP contribution is 2.51. The molecule has 13 heteroatoms. The van der Waals surface area contributed by atoms with Crippen molar-refractivity contribution in [3.05, 3.63) is 59.8 Å². The molecule has 4 atom stereocenters. The lowest BCUT2D eigenvalue weighted by atomic mass is 10.1. The number of esters is 1. The number of carbonyl (C=O) groups excluding carboxylic acids is 3. The summed E-state index contributed by atoms with van der Waals surface area (Å²) >= 11 is 0. The Morgan fingerprint density at radius 1 is 1.08 bits per heavy atom. The van der Waals surface area contributed by atoms with E-state index in [0.29, 0.717) is 24.5 Å². The van der Waals surface area contributed by atoms with Gasteiger partial charge in [0, 0.05) is 55.1 Å². The number of piperidine rings is 1. The van der Waals surface area contributed by atoms with Crippen molar-refractivity contribution in [1.29, 1.82) is 0 Å². The van der Waals surface area contributed by atoms with E-state index in [1.807, 2.05) is 68.8 Å². The molecule has 2 fully saturated rings. The summed E-state index contributed by atoms with van der Waals surface area (Å²) < 4.78 is 24.9. The fourth-order valence-corrected chi connectivity index (χ4v) is 7.45. The molecule has 1 aliphatic heterocycles. The Hall–Kier alpha value is -4.41. The second-order valence-electron chi connectivity index (χ2n) is 15.9. The molecule has 0 radical (unpaired) electrons. The van der Waals surface area contributed by atoms with Crippen molar-refractivity contribution in [2.45, 2.75) is 91.3 Å². The van der Waals surface area contributed by atoms with Crippen molar-refractivity contribution >= 4 is 26.3 Å². The maximum Gasteiger partial charge on any atom is 0.407 e. The number of likely N-dealkylation sites (tertiary alicyclic amines) is 1. The molecule has 2 amide bonds. The van der Waals surface area contributed by atoms with Crippen LogP contribution in [0.15, 0.2) is 47.2 Å². The number of carbonyl (C=O) groups is 3. The Kier molecular flexibility index (Phi) is 10.9. The number of benzene rings is 1. The van der Waals surface area contributed by atoms with E-state index in [1.54, 1.807) is 18.0 Å². The molecule has 2 aromatic heterocycles. The van der Waals surface area contributed by atoms with Gasteiger partial charge in [-0.05, 0) is 88.9 Å². The molecular formula is C38H51N5O7Si. The van der Waals surface area contributed by atoms with Crippen LogP contribution in [0.5, 0.6) is 0 Å². The van der Waals surface area contributed by atoms with Crippen molar-refractivity contribution in [2.24, 2.45) is 17.8 Å². The molecule has 1 aliphatic carbocycles. The SMILES string of the molecule is CCOC(=O)C(=O)N1CC2C(C#Cc3ccc(-c4cc([C@@H](CNC(=O)OC(C)(C)C)n5ccnc5[C@H](C)O[Si](C)(C)C(C)(C)C)no4)cc3)C2C1. The average Bonchev–Trinajstić information content (AvgIpc) is 3.55. The summed E-state index contributed by atoms with van der Waals surface area (Å²) in [6, 6.07) is 9.18. The molecule has 12 nitrogen and oxygen atoms in total. The Morgan fingerprint density at radius 3 is 2.35 bits per heavy atom. The van der Waals surface area contributed by atoms with Crippen LogP contribution in [-0.4, -0.2) is 77.7 Å². The molecule has 1 aromatic carbocycles. The summed E-state index contributed by atoms with van der Waals surface area (Å²) in [7, 11) is -2.11. The number of hydrogen-bond donors (Lipinski definition) is 1. The summed E-state index contributed by atoms with van der Waals surface area (Å²) in [5, 5.41) is 7.37. The third-order valence-electron chi connectivity index (χ3n) is 9.87.